The molecular formula is C11H18N2O2. The quantitative estimate of drug-likeness (QED) is 0.700. The number of carboxylic acids is 1. The molecule has 0 aromatic rings. The first-order valence-corrected chi connectivity index (χ1v) is 5.57. The zero-order valence-corrected chi connectivity index (χ0v) is 8.98. The van der Waals surface area contributed by atoms with E-state index in [1.165, 1.54) is 19.3 Å². The van der Waals surface area contributed by atoms with Gasteiger partial charge in [-0.05, 0) is 12.8 Å². The molecule has 84 valence electrons. The van der Waals surface area contributed by atoms with Crippen molar-refractivity contribution in [2.75, 3.05) is 13.1 Å². The summed E-state index contributed by atoms with van der Waals surface area (Å²) >= 11 is 0. The standard InChI is InChI=1S/C11H18N2O2/c12-7-9-13(8-6-11(14)15)10-4-2-1-3-5-10/h10H,1-6,8-9H2,(H,14,15). The first kappa shape index (κ1) is 12.0. The third-order valence-corrected chi connectivity index (χ3v) is 2.98. The average molecular weight is 210 g/mol. The van der Waals surface area contributed by atoms with E-state index in [-0.39, 0.29) is 6.42 Å². The molecule has 1 rings (SSSR count). The van der Waals surface area contributed by atoms with E-state index in [0.29, 0.717) is 19.1 Å². The van der Waals surface area contributed by atoms with E-state index in [0.717, 1.165) is 12.8 Å². The van der Waals surface area contributed by atoms with Gasteiger partial charge in [-0.1, -0.05) is 19.3 Å². The van der Waals surface area contributed by atoms with Gasteiger partial charge in [-0.25, -0.2) is 0 Å². The first-order chi connectivity index (χ1) is 7.24. The van der Waals surface area contributed by atoms with Crippen molar-refractivity contribution in [1.82, 2.24) is 4.90 Å². The monoisotopic (exact) mass is 210 g/mol. The fraction of sp³-hybridized carbons (Fsp3) is 0.818. The zero-order chi connectivity index (χ0) is 11.1. The molecule has 1 N–H and O–H groups in total. The molecule has 4 nitrogen and oxygen atoms in total. The predicted octanol–water partition coefficient (Wildman–Crippen LogP) is 1.62. The Morgan fingerprint density at radius 1 is 1.40 bits per heavy atom. The summed E-state index contributed by atoms with van der Waals surface area (Å²) in [5.41, 5.74) is 0. The van der Waals surface area contributed by atoms with Gasteiger partial charge in [0.1, 0.15) is 0 Å². The fourth-order valence-corrected chi connectivity index (χ4v) is 2.17. The number of aliphatic carboxylic acids is 1. The van der Waals surface area contributed by atoms with Crippen LogP contribution < -0.4 is 0 Å². The van der Waals surface area contributed by atoms with Crippen molar-refractivity contribution in [3.05, 3.63) is 0 Å². The van der Waals surface area contributed by atoms with Crippen LogP contribution in [0.5, 0.6) is 0 Å². The van der Waals surface area contributed by atoms with Gasteiger partial charge in [-0.3, -0.25) is 9.69 Å². The first-order valence-electron chi connectivity index (χ1n) is 5.57. The molecule has 0 aromatic carbocycles. The second-order valence-corrected chi connectivity index (χ2v) is 4.06. The van der Waals surface area contributed by atoms with E-state index in [2.05, 4.69) is 6.07 Å². The van der Waals surface area contributed by atoms with E-state index in [1.807, 2.05) is 4.90 Å². The molecule has 0 bridgehead atoms. The Morgan fingerprint density at radius 3 is 2.60 bits per heavy atom. The van der Waals surface area contributed by atoms with Gasteiger partial charge in [-0.2, -0.15) is 5.26 Å². The van der Waals surface area contributed by atoms with Crippen LogP contribution in [0.25, 0.3) is 0 Å². The zero-order valence-electron chi connectivity index (χ0n) is 8.98. The van der Waals surface area contributed by atoms with E-state index in [1.54, 1.807) is 0 Å². The molecule has 0 atom stereocenters. The molecule has 0 aliphatic heterocycles. The molecular weight excluding hydrogens is 192 g/mol. The number of hydrogen-bond acceptors (Lipinski definition) is 3. The maximum absolute atomic E-state index is 10.5. The lowest BCUT2D eigenvalue weighted by molar-refractivity contribution is -0.137. The summed E-state index contributed by atoms with van der Waals surface area (Å²) in [6, 6.07) is 2.55. The van der Waals surface area contributed by atoms with Crippen LogP contribution in [0.15, 0.2) is 0 Å². The molecule has 0 saturated heterocycles. The molecule has 1 saturated carbocycles. The molecule has 1 aliphatic carbocycles. The second kappa shape index (κ2) is 6.41. The highest BCUT2D eigenvalue weighted by Gasteiger charge is 2.20. The molecule has 4 heteroatoms. The lowest BCUT2D eigenvalue weighted by atomic mass is 9.94. The minimum Gasteiger partial charge on any atom is -0.481 e. The highest BCUT2D eigenvalue weighted by Crippen LogP contribution is 2.22. The van der Waals surface area contributed by atoms with Crippen LogP contribution >= 0.6 is 0 Å². The van der Waals surface area contributed by atoms with Crippen molar-refractivity contribution in [1.29, 1.82) is 5.26 Å². The number of nitrogens with zero attached hydrogens (tertiary/aromatic N) is 2. The van der Waals surface area contributed by atoms with Gasteiger partial charge >= 0.3 is 5.97 Å². The summed E-state index contributed by atoms with van der Waals surface area (Å²) in [4.78, 5) is 12.5. The molecule has 0 unspecified atom stereocenters. The van der Waals surface area contributed by atoms with E-state index < -0.39 is 5.97 Å². The smallest absolute Gasteiger partial charge is 0.304 e. The van der Waals surface area contributed by atoms with Crippen molar-refractivity contribution >= 4 is 5.97 Å². The van der Waals surface area contributed by atoms with Crippen molar-refractivity contribution in [2.24, 2.45) is 0 Å². The van der Waals surface area contributed by atoms with Crippen molar-refractivity contribution in [2.45, 2.75) is 44.6 Å². The molecule has 0 spiro atoms. The highest BCUT2D eigenvalue weighted by atomic mass is 16.4. The Morgan fingerprint density at radius 2 is 2.07 bits per heavy atom. The van der Waals surface area contributed by atoms with E-state index in [9.17, 15) is 4.79 Å². The average Bonchev–Trinajstić information content (AvgIpc) is 2.25. The number of carboxylic acid groups (broad SMARTS) is 1. The number of rotatable bonds is 5. The van der Waals surface area contributed by atoms with Gasteiger partial charge in [-0.15, -0.1) is 0 Å². The van der Waals surface area contributed by atoms with Crippen LogP contribution in [0.1, 0.15) is 38.5 Å². The molecule has 0 amide bonds. The van der Waals surface area contributed by atoms with Crippen molar-refractivity contribution in [3.8, 4) is 6.07 Å². The third-order valence-electron chi connectivity index (χ3n) is 2.98. The van der Waals surface area contributed by atoms with Crippen LogP contribution in [0.3, 0.4) is 0 Å². The largest absolute Gasteiger partial charge is 0.481 e. The highest BCUT2D eigenvalue weighted by molar-refractivity contribution is 5.66. The van der Waals surface area contributed by atoms with Crippen molar-refractivity contribution < 1.29 is 9.90 Å². The minimum absolute atomic E-state index is 0.137. The van der Waals surface area contributed by atoms with Gasteiger partial charge in [0.15, 0.2) is 0 Å². The number of carbonyl (C=O) groups is 1. The molecule has 15 heavy (non-hydrogen) atoms. The number of nitriles is 1. The van der Waals surface area contributed by atoms with Crippen LogP contribution in [-0.2, 0) is 4.79 Å². The predicted molar refractivity (Wildman–Crippen MR) is 56.3 cm³/mol. The minimum atomic E-state index is -0.784. The Balaban J connectivity index is 2.40. The van der Waals surface area contributed by atoms with Gasteiger partial charge in [0, 0.05) is 12.6 Å². The van der Waals surface area contributed by atoms with Crippen molar-refractivity contribution in [3.63, 3.8) is 0 Å². The Bertz CT molecular complexity index is 241. The van der Waals surface area contributed by atoms with E-state index in [4.69, 9.17) is 10.4 Å². The third kappa shape index (κ3) is 4.30. The molecule has 0 heterocycles. The van der Waals surface area contributed by atoms with Gasteiger partial charge in [0.25, 0.3) is 0 Å². The number of hydrogen-bond donors (Lipinski definition) is 1. The Kier molecular flexibility index (Phi) is 5.13. The summed E-state index contributed by atoms with van der Waals surface area (Å²) in [6.07, 6.45) is 6.05. The van der Waals surface area contributed by atoms with Gasteiger partial charge in [0.05, 0.1) is 19.0 Å². The summed E-state index contributed by atoms with van der Waals surface area (Å²) in [7, 11) is 0. The molecule has 1 aliphatic rings. The maximum atomic E-state index is 10.5. The summed E-state index contributed by atoms with van der Waals surface area (Å²) in [6.45, 7) is 0.867. The summed E-state index contributed by atoms with van der Waals surface area (Å²) < 4.78 is 0. The van der Waals surface area contributed by atoms with Crippen LogP contribution in [-0.4, -0.2) is 35.1 Å². The lowest BCUT2D eigenvalue weighted by Gasteiger charge is -2.32. The lowest BCUT2D eigenvalue weighted by Crippen LogP contribution is -2.38. The molecule has 0 radical (unpaired) electrons. The summed E-state index contributed by atoms with van der Waals surface area (Å²) in [5.74, 6) is -0.784. The van der Waals surface area contributed by atoms with Crippen LogP contribution in [0, 0.1) is 11.3 Å². The molecule has 0 aromatic heterocycles. The van der Waals surface area contributed by atoms with Crippen LogP contribution in [0.2, 0.25) is 0 Å². The molecule has 1 fully saturated rings. The maximum Gasteiger partial charge on any atom is 0.304 e. The normalized spacial score (nSPS) is 17.6. The second-order valence-electron chi connectivity index (χ2n) is 4.06. The topological polar surface area (TPSA) is 64.3 Å². The Hall–Kier alpha value is -1.08. The van der Waals surface area contributed by atoms with Gasteiger partial charge in [0.2, 0.25) is 0 Å². The SMILES string of the molecule is N#CCN(CCC(=O)O)C1CCCCC1. The fourth-order valence-electron chi connectivity index (χ4n) is 2.17. The van der Waals surface area contributed by atoms with Crippen LogP contribution in [0.4, 0.5) is 0 Å². The Labute approximate surface area is 90.5 Å². The summed E-state index contributed by atoms with van der Waals surface area (Å²) in [5, 5.41) is 17.3. The van der Waals surface area contributed by atoms with Gasteiger partial charge < -0.3 is 5.11 Å². The van der Waals surface area contributed by atoms with E-state index >= 15 is 0 Å².